The number of thiocarbonyl (C=S) groups is 1. The van der Waals surface area contributed by atoms with E-state index in [-0.39, 0.29) is 10.7 Å². The number of para-hydroxylation sites is 1. The van der Waals surface area contributed by atoms with Gasteiger partial charge in [0, 0.05) is 5.56 Å². The second kappa shape index (κ2) is 7.67. The third-order valence-corrected chi connectivity index (χ3v) is 4.86. The lowest BCUT2D eigenvalue weighted by molar-refractivity contribution is -0.145. The molecule has 1 aliphatic heterocycles. The number of thioether (sulfide) groups is 1. The fourth-order valence-electron chi connectivity index (χ4n) is 2.38. The second-order valence-electron chi connectivity index (χ2n) is 4.90. The van der Waals surface area contributed by atoms with Gasteiger partial charge in [-0.1, -0.05) is 43.0 Å². The smallest absolute Gasteiger partial charge is 0.326 e. The summed E-state index contributed by atoms with van der Waals surface area (Å²) in [7, 11) is 3.04. The van der Waals surface area contributed by atoms with Crippen LogP contribution in [0.1, 0.15) is 18.9 Å². The Hall–Kier alpha value is -2.06. The zero-order valence-corrected chi connectivity index (χ0v) is 15.1. The van der Waals surface area contributed by atoms with Gasteiger partial charge in [-0.05, 0) is 18.6 Å². The van der Waals surface area contributed by atoms with Crippen molar-refractivity contribution in [1.82, 2.24) is 4.90 Å². The fraction of sp³-hybridized carbons (Fsp3) is 0.312. The van der Waals surface area contributed by atoms with Crippen molar-refractivity contribution in [2.24, 2.45) is 0 Å². The first-order chi connectivity index (χ1) is 11.4. The predicted octanol–water partition coefficient (Wildman–Crippen LogP) is 2.77. The maximum absolute atomic E-state index is 12.6. The van der Waals surface area contributed by atoms with Gasteiger partial charge in [0.05, 0.1) is 19.1 Å². The van der Waals surface area contributed by atoms with Crippen molar-refractivity contribution in [2.75, 3.05) is 14.2 Å². The van der Waals surface area contributed by atoms with Crippen LogP contribution in [0.4, 0.5) is 0 Å². The van der Waals surface area contributed by atoms with E-state index in [0.717, 1.165) is 16.7 Å². The maximum atomic E-state index is 12.6. The molecule has 0 radical (unpaired) electrons. The maximum Gasteiger partial charge on any atom is 0.326 e. The number of hydrogen-bond donors (Lipinski definition) is 1. The van der Waals surface area contributed by atoms with Crippen LogP contribution < -0.4 is 9.47 Å². The summed E-state index contributed by atoms with van der Waals surface area (Å²) in [6, 6.07) is 4.34. The molecule has 1 aliphatic rings. The summed E-state index contributed by atoms with van der Waals surface area (Å²) in [6.07, 6.45) is 1.91. The molecule has 1 atom stereocenters. The van der Waals surface area contributed by atoms with Gasteiger partial charge in [0.25, 0.3) is 5.91 Å². The average molecular weight is 367 g/mol. The number of hydrogen-bond acceptors (Lipinski definition) is 6. The molecule has 1 amide bonds. The molecule has 0 aromatic heterocycles. The van der Waals surface area contributed by atoms with Gasteiger partial charge in [0.1, 0.15) is 10.4 Å². The molecule has 24 heavy (non-hydrogen) atoms. The molecule has 0 aliphatic carbocycles. The van der Waals surface area contributed by atoms with Gasteiger partial charge < -0.3 is 14.6 Å². The van der Waals surface area contributed by atoms with Gasteiger partial charge in [-0.3, -0.25) is 9.69 Å². The Morgan fingerprint density at radius 1 is 1.42 bits per heavy atom. The Balaban J connectivity index is 2.41. The zero-order chi connectivity index (χ0) is 17.9. The summed E-state index contributed by atoms with van der Waals surface area (Å²) < 4.78 is 10.8. The summed E-state index contributed by atoms with van der Waals surface area (Å²) in [5, 5.41) is 9.28. The molecule has 2 rings (SSSR count). The molecule has 0 unspecified atom stereocenters. The third-order valence-electron chi connectivity index (χ3n) is 3.53. The van der Waals surface area contributed by atoms with E-state index in [0.29, 0.717) is 22.0 Å². The van der Waals surface area contributed by atoms with Crippen molar-refractivity contribution in [1.29, 1.82) is 0 Å². The summed E-state index contributed by atoms with van der Waals surface area (Å²) in [5.41, 5.74) is 0.653. The van der Waals surface area contributed by atoms with Crippen molar-refractivity contribution in [3.05, 3.63) is 28.7 Å². The molecule has 0 spiro atoms. The number of nitrogens with zero attached hydrogens (tertiary/aromatic N) is 1. The fourth-order valence-corrected chi connectivity index (χ4v) is 3.73. The SMILES string of the molecule is CC[C@H](C(=O)O)N1C(=O)/C(=C/c2cccc(OC)c2OC)SC1=S. The number of ether oxygens (including phenoxy) is 2. The van der Waals surface area contributed by atoms with E-state index >= 15 is 0 Å². The van der Waals surface area contributed by atoms with Gasteiger partial charge in [-0.2, -0.15) is 0 Å². The third kappa shape index (κ3) is 3.39. The zero-order valence-electron chi connectivity index (χ0n) is 13.4. The van der Waals surface area contributed by atoms with Crippen molar-refractivity contribution in [3.63, 3.8) is 0 Å². The number of amides is 1. The highest BCUT2D eigenvalue weighted by atomic mass is 32.2. The number of rotatable bonds is 6. The number of carbonyl (C=O) groups is 2. The van der Waals surface area contributed by atoms with Crippen LogP contribution in [0.25, 0.3) is 6.08 Å². The van der Waals surface area contributed by atoms with Gasteiger partial charge in [-0.25, -0.2) is 4.79 Å². The minimum absolute atomic E-state index is 0.238. The molecule has 1 aromatic rings. The quantitative estimate of drug-likeness (QED) is 0.612. The largest absolute Gasteiger partial charge is 0.493 e. The number of benzene rings is 1. The second-order valence-corrected chi connectivity index (χ2v) is 6.57. The number of carboxylic acid groups (broad SMARTS) is 1. The van der Waals surface area contributed by atoms with Crippen LogP contribution >= 0.6 is 24.0 Å². The van der Waals surface area contributed by atoms with E-state index in [2.05, 4.69) is 0 Å². The molecule has 128 valence electrons. The highest BCUT2D eigenvalue weighted by Gasteiger charge is 2.39. The van der Waals surface area contributed by atoms with Crippen molar-refractivity contribution < 1.29 is 24.2 Å². The summed E-state index contributed by atoms with van der Waals surface area (Å²) >= 11 is 6.27. The standard InChI is InChI=1S/C16H17NO5S2/c1-4-10(15(19)20)17-14(18)12(24-16(17)23)8-9-6-5-7-11(21-2)13(9)22-3/h5-8,10H,4H2,1-3H3,(H,19,20)/b12-8-/t10-/m1/s1. The average Bonchev–Trinajstić information content (AvgIpc) is 2.82. The molecule has 0 saturated carbocycles. The van der Waals surface area contributed by atoms with Crippen LogP contribution in [0, 0.1) is 0 Å². The Kier molecular flexibility index (Phi) is 5.84. The van der Waals surface area contributed by atoms with Crippen LogP contribution in [0.3, 0.4) is 0 Å². The number of carboxylic acids is 1. The van der Waals surface area contributed by atoms with E-state index in [1.807, 2.05) is 0 Å². The minimum Gasteiger partial charge on any atom is -0.493 e. The Bertz CT molecular complexity index is 716. The molecule has 1 N–H and O–H groups in total. The van der Waals surface area contributed by atoms with Crippen molar-refractivity contribution in [3.8, 4) is 11.5 Å². The van der Waals surface area contributed by atoms with E-state index in [1.54, 1.807) is 31.2 Å². The molecule has 1 aromatic carbocycles. The summed E-state index contributed by atoms with van der Waals surface area (Å²) in [4.78, 5) is 25.4. The molecule has 0 bridgehead atoms. The first kappa shape index (κ1) is 18.3. The first-order valence-corrected chi connectivity index (χ1v) is 8.37. The van der Waals surface area contributed by atoms with Crippen molar-refractivity contribution >= 4 is 46.3 Å². The molecule has 8 heteroatoms. The van der Waals surface area contributed by atoms with Crippen LogP contribution in [-0.2, 0) is 9.59 Å². The molecule has 1 heterocycles. The van der Waals surface area contributed by atoms with Gasteiger partial charge in [0.15, 0.2) is 11.5 Å². The predicted molar refractivity (Wildman–Crippen MR) is 96.3 cm³/mol. The lowest BCUT2D eigenvalue weighted by Crippen LogP contribution is -2.43. The Morgan fingerprint density at radius 2 is 2.12 bits per heavy atom. The highest BCUT2D eigenvalue weighted by molar-refractivity contribution is 8.26. The van der Waals surface area contributed by atoms with E-state index in [9.17, 15) is 14.7 Å². The first-order valence-electron chi connectivity index (χ1n) is 7.15. The minimum atomic E-state index is -1.07. The van der Waals surface area contributed by atoms with Gasteiger partial charge in [-0.15, -0.1) is 0 Å². The molecule has 6 nitrogen and oxygen atoms in total. The van der Waals surface area contributed by atoms with Crippen LogP contribution in [0.15, 0.2) is 23.1 Å². The van der Waals surface area contributed by atoms with E-state index in [4.69, 9.17) is 21.7 Å². The van der Waals surface area contributed by atoms with Gasteiger partial charge in [0.2, 0.25) is 0 Å². The Labute approximate surface area is 149 Å². The normalized spacial score (nSPS) is 17.3. The summed E-state index contributed by atoms with van der Waals surface area (Å²) in [6.45, 7) is 1.70. The lowest BCUT2D eigenvalue weighted by Gasteiger charge is -2.21. The molecule has 1 saturated heterocycles. The molecular formula is C16H17NO5S2. The molecular weight excluding hydrogens is 350 g/mol. The van der Waals surface area contributed by atoms with Crippen LogP contribution in [0.2, 0.25) is 0 Å². The monoisotopic (exact) mass is 367 g/mol. The van der Waals surface area contributed by atoms with Gasteiger partial charge >= 0.3 is 5.97 Å². The highest BCUT2D eigenvalue weighted by Crippen LogP contribution is 2.38. The van der Waals surface area contributed by atoms with E-state index < -0.39 is 17.9 Å². The van der Waals surface area contributed by atoms with E-state index in [1.165, 1.54) is 14.2 Å². The van der Waals surface area contributed by atoms with Crippen molar-refractivity contribution in [2.45, 2.75) is 19.4 Å². The number of carbonyl (C=O) groups excluding carboxylic acids is 1. The molecule has 1 fully saturated rings. The number of aliphatic carboxylic acids is 1. The number of methoxy groups -OCH3 is 2. The lowest BCUT2D eigenvalue weighted by atomic mass is 10.1. The van der Waals surface area contributed by atoms with Crippen LogP contribution in [0.5, 0.6) is 11.5 Å². The topological polar surface area (TPSA) is 76.1 Å². The van der Waals surface area contributed by atoms with Crippen LogP contribution in [-0.4, -0.2) is 46.5 Å². The Morgan fingerprint density at radius 3 is 2.67 bits per heavy atom. The summed E-state index contributed by atoms with van der Waals surface area (Å²) in [5.74, 6) is -0.452.